The first-order valence-electron chi connectivity index (χ1n) is 9.03. The summed E-state index contributed by atoms with van der Waals surface area (Å²) in [7, 11) is 0. The van der Waals surface area contributed by atoms with Crippen molar-refractivity contribution in [2.24, 2.45) is 0 Å². The molecule has 2 aromatic rings. The molecule has 3 nitrogen and oxygen atoms in total. The zero-order valence-electron chi connectivity index (χ0n) is 16.1. The van der Waals surface area contributed by atoms with Crippen molar-refractivity contribution in [2.75, 3.05) is 6.61 Å². The molecule has 0 spiro atoms. The fourth-order valence-electron chi connectivity index (χ4n) is 2.31. The van der Waals surface area contributed by atoms with E-state index in [0.29, 0.717) is 23.8 Å². The minimum Gasteiger partial charge on any atom is -0.479 e. The van der Waals surface area contributed by atoms with Gasteiger partial charge in [-0.3, -0.25) is 0 Å². The molecule has 1 atom stereocenters. The average Bonchev–Trinajstić information content (AvgIpc) is 2.68. The Morgan fingerprint density at radius 1 is 1.00 bits per heavy atom. The number of esters is 1. The van der Waals surface area contributed by atoms with Gasteiger partial charge in [-0.2, -0.15) is 25.3 Å². The van der Waals surface area contributed by atoms with Crippen LogP contribution in [0.1, 0.15) is 45.2 Å². The monoisotopic (exact) mass is 426 g/mol. The van der Waals surface area contributed by atoms with E-state index in [2.05, 4.69) is 25.3 Å². The molecule has 0 saturated carbocycles. The lowest BCUT2D eigenvalue weighted by atomic mass is 10.0. The normalized spacial score (nSPS) is 11.8. The van der Waals surface area contributed by atoms with Crippen molar-refractivity contribution in [2.45, 2.75) is 44.3 Å². The van der Waals surface area contributed by atoms with Crippen LogP contribution in [0.15, 0.2) is 48.5 Å². The van der Waals surface area contributed by atoms with Crippen LogP contribution in [0, 0.1) is 0 Å². The fraction of sp³-hybridized carbons (Fsp3) is 0.381. The molecule has 1 unspecified atom stereocenters. The van der Waals surface area contributed by atoms with Gasteiger partial charge in [0.2, 0.25) is 0 Å². The zero-order valence-corrected chi connectivity index (χ0v) is 18.7. The van der Waals surface area contributed by atoms with Crippen molar-refractivity contribution in [1.29, 1.82) is 0 Å². The number of benzene rings is 2. The first-order chi connectivity index (χ1) is 12.9. The van der Waals surface area contributed by atoms with Gasteiger partial charge in [0.15, 0.2) is 6.10 Å². The second-order valence-corrected chi connectivity index (χ2v) is 7.60. The SMILES string of the molecule is CC.CCOC(=O)C(CC)Oc1ccc(C(S)(S)c2ccc(Cl)cc2)cc1. The highest BCUT2D eigenvalue weighted by molar-refractivity contribution is 8.00. The first-order valence-corrected chi connectivity index (χ1v) is 10.3. The maximum absolute atomic E-state index is 11.8. The lowest BCUT2D eigenvalue weighted by Gasteiger charge is -2.24. The summed E-state index contributed by atoms with van der Waals surface area (Å²) in [5, 5.41) is 0.662. The van der Waals surface area contributed by atoms with E-state index in [-0.39, 0.29) is 5.97 Å². The van der Waals surface area contributed by atoms with Gasteiger partial charge in [-0.1, -0.05) is 56.6 Å². The predicted octanol–water partition coefficient (Wildman–Crippen LogP) is 6.15. The number of carbonyl (C=O) groups excluding carboxylic acids is 1. The van der Waals surface area contributed by atoms with Crippen LogP contribution in [0.3, 0.4) is 0 Å². The molecule has 0 radical (unpaired) electrons. The average molecular weight is 427 g/mol. The zero-order chi connectivity index (χ0) is 20.4. The van der Waals surface area contributed by atoms with E-state index in [1.54, 1.807) is 31.2 Å². The van der Waals surface area contributed by atoms with Gasteiger partial charge >= 0.3 is 5.97 Å². The summed E-state index contributed by atoms with van der Waals surface area (Å²) < 4.78 is 9.97. The van der Waals surface area contributed by atoms with E-state index in [9.17, 15) is 4.79 Å². The molecule has 0 aliphatic rings. The Morgan fingerprint density at radius 2 is 1.48 bits per heavy atom. The van der Waals surface area contributed by atoms with Crippen molar-refractivity contribution >= 4 is 42.8 Å². The Labute approximate surface area is 178 Å². The summed E-state index contributed by atoms with van der Waals surface area (Å²) in [4.78, 5) is 11.8. The molecule has 0 aliphatic heterocycles. The minimum absolute atomic E-state index is 0.334. The van der Waals surface area contributed by atoms with Crippen molar-refractivity contribution < 1.29 is 14.3 Å². The fourth-order valence-corrected chi connectivity index (χ4v) is 3.03. The Bertz CT molecular complexity index is 700. The molecule has 2 rings (SSSR count). The summed E-state index contributed by atoms with van der Waals surface area (Å²) >= 11 is 15.3. The molecule has 6 heteroatoms. The van der Waals surface area contributed by atoms with Crippen molar-refractivity contribution in [3.8, 4) is 5.75 Å². The Balaban J connectivity index is 0.00000176. The Hall–Kier alpha value is -1.30. The molecular weight excluding hydrogens is 400 g/mol. The number of ether oxygens (including phenoxy) is 2. The third-order valence-electron chi connectivity index (χ3n) is 3.70. The standard InChI is InChI=1S/C19H21ClO3S2.C2H6/c1-3-17(18(21)22-4-2)23-16-11-7-14(8-12-16)19(24,25)13-5-9-15(20)10-6-13;1-2/h5-12,17,24-25H,3-4H2,1-2H3;1-2H3. The smallest absolute Gasteiger partial charge is 0.347 e. The van der Waals surface area contributed by atoms with Crippen molar-refractivity contribution in [3.05, 3.63) is 64.7 Å². The lowest BCUT2D eigenvalue weighted by Crippen LogP contribution is -2.28. The molecule has 0 N–H and O–H groups in total. The molecule has 0 aliphatic carbocycles. The first kappa shape index (κ1) is 23.7. The molecule has 0 heterocycles. The molecule has 0 fully saturated rings. The maximum Gasteiger partial charge on any atom is 0.347 e. The van der Waals surface area contributed by atoms with Crippen molar-refractivity contribution in [3.63, 3.8) is 0 Å². The van der Waals surface area contributed by atoms with Crippen LogP contribution in [0.2, 0.25) is 5.02 Å². The summed E-state index contributed by atoms with van der Waals surface area (Å²) in [6, 6.07) is 14.7. The number of rotatable bonds is 7. The Morgan fingerprint density at radius 3 is 1.93 bits per heavy atom. The topological polar surface area (TPSA) is 35.5 Å². The van der Waals surface area contributed by atoms with Crippen LogP contribution in [0.25, 0.3) is 0 Å². The summed E-state index contributed by atoms with van der Waals surface area (Å²) in [5.41, 5.74) is 1.80. The van der Waals surface area contributed by atoms with Crippen LogP contribution in [0.4, 0.5) is 0 Å². The number of hydrogen-bond donors (Lipinski definition) is 2. The van der Waals surface area contributed by atoms with Gasteiger partial charge in [0.05, 0.1) is 6.61 Å². The van der Waals surface area contributed by atoms with Gasteiger partial charge in [-0.15, -0.1) is 0 Å². The molecule has 27 heavy (non-hydrogen) atoms. The van der Waals surface area contributed by atoms with E-state index >= 15 is 0 Å². The van der Waals surface area contributed by atoms with E-state index in [1.165, 1.54) is 0 Å². The van der Waals surface area contributed by atoms with Crippen LogP contribution >= 0.6 is 36.9 Å². The van der Waals surface area contributed by atoms with Gasteiger partial charge in [0.25, 0.3) is 0 Å². The largest absolute Gasteiger partial charge is 0.479 e. The van der Waals surface area contributed by atoms with Crippen molar-refractivity contribution in [1.82, 2.24) is 0 Å². The molecule has 0 amide bonds. The second-order valence-electron chi connectivity index (χ2n) is 5.47. The quantitative estimate of drug-likeness (QED) is 0.316. The summed E-state index contributed by atoms with van der Waals surface area (Å²) in [6.45, 7) is 7.98. The van der Waals surface area contributed by atoms with Crippen LogP contribution < -0.4 is 4.74 Å². The highest BCUT2D eigenvalue weighted by atomic mass is 35.5. The van der Waals surface area contributed by atoms with Gasteiger partial charge in [0, 0.05) is 5.02 Å². The van der Waals surface area contributed by atoms with E-state index < -0.39 is 10.2 Å². The van der Waals surface area contributed by atoms with Gasteiger partial charge in [0.1, 0.15) is 9.83 Å². The molecule has 0 aromatic heterocycles. The lowest BCUT2D eigenvalue weighted by molar-refractivity contribution is -0.151. The molecule has 0 saturated heterocycles. The maximum atomic E-state index is 11.8. The van der Waals surface area contributed by atoms with Crippen LogP contribution in [-0.2, 0) is 13.6 Å². The Kier molecular flexibility index (Phi) is 10.1. The minimum atomic E-state index is -0.769. The van der Waals surface area contributed by atoms with Crippen LogP contribution in [0.5, 0.6) is 5.75 Å². The van der Waals surface area contributed by atoms with Crippen LogP contribution in [-0.4, -0.2) is 18.7 Å². The third-order valence-corrected chi connectivity index (χ3v) is 4.99. The molecule has 0 bridgehead atoms. The molecule has 148 valence electrons. The molecular formula is C21H27ClO3S2. The van der Waals surface area contributed by atoms with Gasteiger partial charge in [-0.25, -0.2) is 4.79 Å². The third kappa shape index (κ3) is 6.66. The van der Waals surface area contributed by atoms with Gasteiger partial charge in [-0.05, 0) is 48.7 Å². The van der Waals surface area contributed by atoms with E-state index in [0.717, 1.165) is 11.1 Å². The molecule has 2 aromatic carbocycles. The van der Waals surface area contributed by atoms with E-state index in [4.69, 9.17) is 21.1 Å². The predicted molar refractivity (Wildman–Crippen MR) is 119 cm³/mol. The highest BCUT2D eigenvalue weighted by Crippen LogP contribution is 2.40. The summed E-state index contributed by atoms with van der Waals surface area (Å²) in [5.74, 6) is 0.241. The highest BCUT2D eigenvalue weighted by Gasteiger charge is 2.26. The number of halogens is 1. The number of carbonyl (C=O) groups is 1. The number of hydrogen-bond acceptors (Lipinski definition) is 5. The second kappa shape index (κ2) is 11.5. The van der Waals surface area contributed by atoms with E-state index in [1.807, 2.05) is 45.0 Å². The van der Waals surface area contributed by atoms with Gasteiger partial charge < -0.3 is 9.47 Å². The summed E-state index contributed by atoms with van der Waals surface area (Å²) in [6.07, 6.45) is -0.0761. The number of thiol groups is 2.